The fourth-order valence-electron chi connectivity index (χ4n) is 7.17. The number of nitrogens with zero attached hydrogens (tertiary/aromatic N) is 2. The second-order valence-electron chi connectivity index (χ2n) is 18.0. The van der Waals surface area contributed by atoms with Crippen LogP contribution in [0.5, 0.6) is 0 Å². The molecule has 3 atom stereocenters. The number of unbranched alkanes of at least 4 members (excludes halogenated alkanes) is 15. The van der Waals surface area contributed by atoms with Crippen molar-refractivity contribution in [1.82, 2.24) is 9.80 Å². The van der Waals surface area contributed by atoms with E-state index >= 15 is 0 Å². The topological polar surface area (TPSA) is 185 Å². The number of rotatable bonds is 51. The summed E-state index contributed by atoms with van der Waals surface area (Å²) in [6.07, 6.45) is 22.3. The SMILES string of the molecule is CCCCCCCCSC(C)C(=O)OCCOC(=O)CCN(CCO)CCCN(CCC(=O)OCCOC(=O)C(C)SCCCCCCCC)CCC(=O)OCCOC(=O)C(C)SCCCCCCCC. The zero-order valence-electron chi connectivity index (χ0n) is 45.1. The van der Waals surface area contributed by atoms with Gasteiger partial charge in [0.25, 0.3) is 0 Å². The highest BCUT2D eigenvalue weighted by atomic mass is 32.2. The molecular weight excluding hydrogens is 969 g/mol. The van der Waals surface area contributed by atoms with Crippen LogP contribution >= 0.6 is 35.3 Å². The van der Waals surface area contributed by atoms with Crippen molar-refractivity contribution in [1.29, 1.82) is 0 Å². The van der Waals surface area contributed by atoms with Crippen molar-refractivity contribution in [3.8, 4) is 0 Å². The Kier molecular flexibility index (Phi) is 48.4. The molecule has 416 valence electrons. The maximum Gasteiger partial charge on any atom is 0.318 e. The van der Waals surface area contributed by atoms with Gasteiger partial charge < -0.3 is 43.3 Å². The van der Waals surface area contributed by atoms with Gasteiger partial charge in [0.15, 0.2) is 0 Å². The van der Waals surface area contributed by atoms with E-state index in [-0.39, 0.29) is 112 Å². The smallest absolute Gasteiger partial charge is 0.318 e. The quantitative estimate of drug-likeness (QED) is 0.0344. The molecule has 0 aromatic carbocycles. The van der Waals surface area contributed by atoms with E-state index < -0.39 is 17.9 Å². The van der Waals surface area contributed by atoms with Crippen molar-refractivity contribution in [2.75, 3.05) is 103 Å². The minimum atomic E-state index is -0.465. The standard InChI is InChI=1S/C53H98N2O13S3/c1-7-10-13-16-19-22-42-69-45(4)51(60)66-39-36-63-48(57)26-31-54(32-27-49(58)64-37-40-67-52(61)46(5)70-43-23-20-17-14-11-8-2)29-25-30-55(34-35-56)33-28-50(59)65-38-41-68-53(62)47(6)71-44-24-21-18-15-12-9-3/h45-47,56H,7-44H2,1-6H3. The van der Waals surface area contributed by atoms with Gasteiger partial charge in [0.2, 0.25) is 0 Å². The van der Waals surface area contributed by atoms with Crippen LogP contribution < -0.4 is 0 Å². The fraction of sp³-hybridized carbons (Fsp3) is 0.887. The van der Waals surface area contributed by atoms with Crippen LogP contribution in [0.1, 0.15) is 183 Å². The molecule has 0 spiro atoms. The third-order valence-electron chi connectivity index (χ3n) is 11.6. The molecule has 15 nitrogen and oxygen atoms in total. The molecule has 0 amide bonds. The van der Waals surface area contributed by atoms with Crippen molar-refractivity contribution in [2.45, 2.75) is 199 Å². The first-order valence-electron chi connectivity index (χ1n) is 27.2. The summed E-state index contributed by atoms with van der Waals surface area (Å²) in [5.74, 6) is 0.349. The summed E-state index contributed by atoms with van der Waals surface area (Å²) in [5, 5.41) is 8.86. The summed E-state index contributed by atoms with van der Waals surface area (Å²) < 4.78 is 32.1. The van der Waals surface area contributed by atoms with Gasteiger partial charge in [0.05, 0.1) is 41.6 Å². The monoisotopic (exact) mass is 1070 g/mol. The normalized spacial score (nSPS) is 12.6. The summed E-state index contributed by atoms with van der Waals surface area (Å²) in [6.45, 7) is 14.0. The minimum Gasteiger partial charge on any atom is -0.462 e. The maximum atomic E-state index is 12.8. The molecule has 0 fully saturated rings. The Bertz CT molecular complexity index is 1290. The molecule has 0 aromatic heterocycles. The highest BCUT2D eigenvalue weighted by molar-refractivity contribution is 8.01. The van der Waals surface area contributed by atoms with Gasteiger partial charge in [-0.15, -0.1) is 35.3 Å². The Morgan fingerprint density at radius 3 is 0.930 bits per heavy atom. The van der Waals surface area contributed by atoms with Gasteiger partial charge in [0, 0.05) is 26.2 Å². The molecule has 1 N–H and O–H groups in total. The predicted octanol–water partition coefficient (Wildman–Crippen LogP) is 9.85. The zero-order valence-corrected chi connectivity index (χ0v) is 47.5. The third kappa shape index (κ3) is 43.8. The van der Waals surface area contributed by atoms with Crippen LogP contribution in [0.15, 0.2) is 0 Å². The van der Waals surface area contributed by atoms with E-state index in [4.69, 9.17) is 28.4 Å². The Labute approximate surface area is 442 Å². The van der Waals surface area contributed by atoms with Crippen LogP contribution in [-0.2, 0) is 57.2 Å². The number of esters is 6. The summed E-state index contributed by atoms with van der Waals surface area (Å²) >= 11 is 4.73. The van der Waals surface area contributed by atoms with E-state index in [1.54, 1.807) is 35.3 Å². The van der Waals surface area contributed by atoms with Crippen LogP contribution in [0, 0.1) is 0 Å². The molecule has 0 aromatic rings. The Balaban J connectivity index is 4.93. The zero-order chi connectivity index (χ0) is 52.6. The predicted molar refractivity (Wildman–Crippen MR) is 290 cm³/mol. The van der Waals surface area contributed by atoms with Gasteiger partial charge in [-0.05, 0) is 76.8 Å². The lowest BCUT2D eigenvalue weighted by Gasteiger charge is -2.25. The lowest BCUT2D eigenvalue weighted by Crippen LogP contribution is -2.35. The largest absolute Gasteiger partial charge is 0.462 e. The van der Waals surface area contributed by atoms with Gasteiger partial charge in [-0.25, -0.2) is 0 Å². The molecule has 0 rings (SSSR count). The minimum absolute atomic E-state index is 0.0134. The van der Waals surface area contributed by atoms with Crippen LogP contribution in [-0.4, -0.2) is 169 Å². The van der Waals surface area contributed by atoms with Crippen molar-refractivity contribution in [3.05, 3.63) is 0 Å². The van der Waals surface area contributed by atoms with Crippen LogP contribution in [0.3, 0.4) is 0 Å². The Morgan fingerprint density at radius 2 is 0.634 bits per heavy atom. The number of carbonyl (C=O) groups excluding carboxylic acids is 6. The summed E-state index contributed by atoms with van der Waals surface area (Å²) in [4.78, 5) is 79.2. The molecule has 0 saturated carbocycles. The first-order valence-corrected chi connectivity index (χ1v) is 30.4. The summed E-state index contributed by atoms with van der Waals surface area (Å²) in [6, 6.07) is 0. The number of aliphatic hydroxyl groups excluding tert-OH is 1. The molecule has 0 aliphatic heterocycles. The number of carbonyl (C=O) groups is 6. The molecule has 3 unspecified atom stereocenters. The van der Waals surface area contributed by atoms with E-state index in [1.165, 1.54) is 77.0 Å². The van der Waals surface area contributed by atoms with Gasteiger partial charge in [0.1, 0.15) is 39.6 Å². The Hall–Kier alpha value is -2.25. The Morgan fingerprint density at radius 1 is 0.366 bits per heavy atom. The highest BCUT2D eigenvalue weighted by Gasteiger charge is 2.19. The van der Waals surface area contributed by atoms with Crippen LogP contribution in [0.25, 0.3) is 0 Å². The molecule has 18 heteroatoms. The van der Waals surface area contributed by atoms with Gasteiger partial charge in [-0.1, -0.05) is 117 Å². The van der Waals surface area contributed by atoms with E-state index in [0.717, 1.165) is 55.8 Å². The van der Waals surface area contributed by atoms with E-state index in [2.05, 4.69) is 20.8 Å². The molecule has 0 bridgehead atoms. The second-order valence-corrected chi connectivity index (χ2v) is 22.4. The van der Waals surface area contributed by atoms with Gasteiger partial charge in [-0.3, -0.25) is 28.8 Å². The molecule has 0 saturated heterocycles. The van der Waals surface area contributed by atoms with E-state index in [0.29, 0.717) is 32.6 Å². The van der Waals surface area contributed by atoms with Crippen LogP contribution in [0.4, 0.5) is 0 Å². The lowest BCUT2D eigenvalue weighted by atomic mass is 10.1. The maximum absolute atomic E-state index is 12.8. The fourth-order valence-corrected chi connectivity index (χ4v) is 9.96. The third-order valence-corrected chi connectivity index (χ3v) is 15.3. The number of thioether (sulfide) groups is 3. The number of ether oxygens (including phenoxy) is 6. The highest BCUT2D eigenvalue weighted by Crippen LogP contribution is 2.18. The van der Waals surface area contributed by atoms with Crippen molar-refractivity contribution in [2.24, 2.45) is 0 Å². The molecular formula is C53H98N2O13S3. The lowest BCUT2D eigenvalue weighted by molar-refractivity contribution is -0.152. The van der Waals surface area contributed by atoms with Gasteiger partial charge >= 0.3 is 35.8 Å². The van der Waals surface area contributed by atoms with E-state index in [1.807, 2.05) is 30.6 Å². The molecule has 0 radical (unpaired) electrons. The average Bonchev–Trinajstić information content (AvgIpc) is 3.36. The van der Waals surface area contributed by atoms with Gasteiger partial charge in [-0.2, -0.15) is 0 Å². The molecule has 71 heavy (non-hydrogen) atoms. The summed E-state index contributed by atoms with van der Waals surface area (Å²) in [5.41, 5.74) is 0. The number of hydrogen-bond donors (Lipinski definition) is 1. The summed E-state index contributed by atoms with van der Waals surface area (Å²) in [7, 11) is 0. The number of aliphatic hydroxyl groups is 1. The molecule has 0 aliphatic carbocycles. The number of hydrogen-bond acceptors (Lipinski definition) is 18. The second kappa shape index (κ2) is 49.9. The first-order chi connectivity index (χ1) is 34.4. The van der Waals surface area contributed by atoms with Crippen molar-refractivity contribution < 1.29 is 62.3 Å². The average molecular weight is 1070 g/mol. The molecule has 0 aliphatic rings. The molecule has 0 heterocycles. The first kappa shape index (κ1) is 68.8. The van der Waals surface area contributed by atoms with E-state index in [9.17, 15) is 33.9 Å². The van der Waals surface area contributed by atoms with Crippen molar-refractivity contribution in [3.63, 3.8) is 0 Å². The van der Waals surface area contributed by atoms with Crippen LogP contribution in [0.2, 0.25) is 0 Å². The van der Waals surface area contributed by atoms with Crippen molar-refractivity contribution >= 4 is 71.1 Å².